The lowest BCUT2D eigenvalue weighted by Crippen LogP contribution is -2.42. The number of nitrogens with one attached hydrogen (secondary N) is 1. The molecule has 4 amide bonds. The highest BCUT2D eigenvalue weighted by Crippen LogP contribution is 2.34. The van der Waals surface area contributed by atoms with E-state index in [1.54, 1.807) is 31.6 Å². The van der Waals surface area contributed by atoms with Gasteiger partial charge in [0, 0.05) is 37.7 Å². The van der Waals surface area contributed by atoms with Crippen LogP contribution in [0.15, 0.2) is 116 Å². The molecule has 0 bridgehead atoms. The molecule has 2 aliphatic heterocycles. The van der Waals surface area contributed by atoms with E-state index < -0.39 is 6.17 Å². The van der Waals surface area contributed by atoms with E-state index >= 15 is 0 Å². The number of urea groups is 1. The summed E-state index contributed by atoms with van der Waals surface area (Å²) in [5.41, 5.74) is 6.70. The number of unbranched alkanes of at least 4 members (excludes halogenated alkanes) is 2. The monoisotopic (exact) mass is 841 g/mol. The fraction of sp³-hybridized carbons (Fsp3) is 0.400. The standard InChI is InChI=1S/C28H39N3O3.C22H24N4O2/c1-6-7-8-18-29-27(33)31-20-25(32)30(19-17-21-9-15-24(34-5)16-10-21)26(31)22-11-13-23(14-12-22)28(2,3)4;1-24-15-21(27)26(13-11-17-3-9-20(28-2)10-4-17)22(24)18-5-7-19(8-6-18)25-14-12-23-16-25/h9-16,26H,6-8,17-20H2,1-5H3,(H,29,33);3-10,12,14,16,22H,11,13,15H2,1-2H3. The number of carbonyl (C=O) groups is 3. The van der Waals surface area contributed by atoms with Gasteiger partial charge in [-0.05, 0) is 95.9 Å². The summed E-state index contributed by atoms with van der Waals surface area (Å²) in [4.78, 5) is 50.4. The lowest BCUT2D eigenvalue weighted by Gasteiger charge is -2.31. The second-order valence-electron chi connectivity index (χ2n) is 17.0. The lowest BCUT2D eigenvalue weighted by atomic mass is 9.86. The second-order valence-corrected chi connectivity index (χ2v) is 17.0. The topological polar surface area (TPSA) is 112 Å². The van der Waals surface area contributed by atoms with Crippen LogP contribution in [-0.4, -0.2) is 101 Å². The van der Waals surface area contributed by atoms with Crippen LogP contribution in [0.5, 0.6) is 11.5 Å². The molecule has 2 atom stereocenters. The van der Waals surface area contributed by atoms with Crippen molar-refractivity contribution in [3.8, 4) is 17.2 Å². The lowest BCUT2D eigenvalue weighted by molar-refractivity contribution is -0.128. The van der Waals surface area contributed by atoms with Gasteiger partial charge in [-0.25, -0.2) is 9.78 Å². The second kappa shape index (κ2) is 21.1. The van der Waals surface area contributed by atoms with Gasteiger partial charge in [-0.15, -0.1) is 0 Å². The maximum Gasteiger partial charge on any atom is 0.319 e. The molecule has 0 radical (unpaired) electrons. The first-order chi connectivity index (χ1) is 29.9. The van der Waals surface area contributed by atoms with Gasteiger partial charge in [0.15, 0.2) is 0 Å². The Bertz CT molecular complexity index is 2190. The van der Waals surface area contributed by atoms with Crippen molar-refractivity contribution in [3.05, 3.63) is 144 Å². The van der Waals surface area contributed by atoms with Gasteiger partial charge in [0.1, 0.15) is 30.4 Å². The molecule has 2 unspecified atom stereocenters. The minimum absolute atomic E-state index is 0.0258. The minimum atomic E-state index is -0.411. The van der Waals surface area contributed by atoms with E-state index in [2.05, 4.69) is 104 Å². The Labute approximate surface area is 367 Å². The van der Waals surface area contributed by atoms with E-state index in [9.17, 15) is 14.4 Å². The third-order valence-electron chi connectivity index (χ3n) is 11.6. The highest BCUT2D eigenvalue weighted by molar-refractivity contribution is 5.88. The number of likely N-dealkylation sites (N-methyl/N-ethyl adjacent to an activating group) is 1. The predicted octanol–water partition coefficient (Wildman–Crippen LogP) is 8.17. The van der Waals surface area contributed by atoms with Crippen LogP contribution in [0.1, 0.15) is 87.1 Å². The van der Waals surface area contributed by atoms with Crippen LogP contribution in [0.3, 0.4) is 0 Å². The van der Waals surface area contributed by atoms with Crippen LogP contribution in [-0.2, 0) is 27.8 Å². The van der Waals surface area contributed by atoms with Crippen molar-refractivity contribution >= 4 is 17.8 Å². The molecule has 7 rings (SSSR count). The molecular formula is C50H63N7O5. The van der Waals surface area contributed by atoms with Crippen LogP contribution in [0, 0.1) is 0 Å². The molecule has 1 N–H and O–H groups in total. The quantitative estimate of drug-likeness (QED) is 0.106. The molecule has 1 aromatic heterocycles. The smallest absolute Gasteiger partial charge is 0.319 e. The predicted molar refractivity (Wildman–Crippen MR) is 243 cm³/mol. The molecular weight excluding hydrogens is 779 g/mol. The molecule has 62 heavy (non-hydrogen) atoms. The summed E-state index contributed by atoms with van der Waals surface area (Å²) in [6.07, 6.45) is 9.64. The fourth-order valence-corrected chi connectivity index (χ4v) is 8.00. The number of benzene rings is 4. The number of methoxy groups -OCH3 is 2. The third kappa shape index (κ3) is 11.4. The van der Waals surface area contributed by atoms with E-state index in [0.29, 0.717) is 32.6 Å². The number of hydrogen-bond donors (Lipinski definition) is 1. The van der Waals surface area contributed by atoms with Crippen LogP contribution < -0.4 is 14.8 Å². The molecule has 0 spiro atoms. The Kier molecular flexibility index (Phi) is 15.4. The first-order valence-corrected chi connectivity index (χ1v) is 21.7. The highest BCUT2D eigenvalue weighted by atomic mass is 16.5. The molecule has 12 nitrogen and oxygen atoms in total. The van der Waals surface area contributed by atoms with Crippen molar-refractivity contribution in [1.29, 1.82) is 0 Å². The molecule has 328 valence electrons. The SMILES string of the molecule is CCCCCNC(=O)N1CC(=O)N(CCc2ccc(OC)cc2)C1c1ccc(C(C)(C)C)cc1.COc1ccc(CCN2C(=O)CN(C)C2c2ccc(-n3ccnc3)cc2)cc1. The Morgan fingerprint density at radius 3 is 1.77 bits per heavy atom. The molecule has 2 aliphatic rings. The minimum Gasteiger partial charge on any atom is -0.497 e. The van der Waals surface area contributed by atoms with Gasteiger partial charge in [0.25, 0.3) is 0 Å². The van der Waals surface area contributed by atoms with Gasteiger partial charge >= 0.3 is 6.03 Å². The maximum absolute atomic E-state index is 13.1. The first kappa shape index (κ1) is 45.4. The zero-order valence-corrected chi connectivity index (χ0v) is 37.4. The average molecular weight is 842 g/mol. The van der Waals surface area contributed by atoms with E-state index in [1.165, 1.54) is 11.1 Å². The largest absolute Gasteiger partial charge is 0.497 e. The molecule has 5 aromatic rings. The van der Waals surface area contributed by atoms with Crippen molar-refractivity contribution in [2.45, 2.75) is 77.5 Å². The zero-order valence-electron chi connectivity index (χ0n) is 37.4. The summed E-state index contributed by atoms with van der Waals surface area (Å²) >= 11 is 0. The average Bonchev–Trinajstić information content (AvgIpc) is 4.01. The number of imidazole rings is 1. The summed E-state index contributed by atoms with van der Waals surface area (Å²) in [5.74, 6) is 1.79. The summed E-state index contributed by atoms with van der Waals surface area (Å²) in [6.45, 7) is 11.1. The number of amides is 4. The van der Waals surface area contributed by atoms with Gasteiger partial charge in [-0.3, -0.25) is 19.4 Å². The summed E-state index contributed by atoms with van der Waals surface area (Å²) in [5, 5.41) is 3.02. The van der Waals surface area contributed by atoms with Crippen molar-refractivity contribution in [1.82, 2.24) is 34.5 Å². The maximum atomic E-state index is 13.1. The Balaban J connectivity index is 0.000000210. The molecule has 3 heterocycles. The zero-order chi connectivity index (χ0) is 44.2. The number of aromatic nitrogens is 2. The summed E-state index contributed by atoms with van der Waals surface area (Å²) < 4.78 is 12.4. The van der Waals surface area contributed by atoms with Crippen LogP contribution in [0.25, 0.3) is 5.69 Å². The molecule has 2 saturated heterocycles. The van der Waals surface area contributed by atoms with Gasteiger partial charge in [-0.1, -0.05) is 101 Å². The van der Waals surface area contributed by atoms with E-state index in [1.807, 2.05) is 64.0 Å². The molecule has 12 heteroatoms. The summed E-state index contributed by atoms with van der Waals surface area (Å²) in [6, 6.07) is 32.4. The Morgan fingerprint density at radius 2 is 1.26 bits per heavy atom. The fourth-order valence-electron chi connectivity index (χ4n) is 8.00. The Morgan fingerprint density at radius 1 is 0.726 bits per heavy atom. The Hall–Kier alpha value is -6.14. The van der Waals surface area contributed by atoms with Crippen molar-refractivity contribution in [2.75, 3.05) is 54.0 Å². The first-order valence-electron chi connectivity index (χ1n) is 21.7. The van der Waals surface area contributed by atoms with Gasteiger partial charge in [0.05, 0.1) is 27.1 Å². The highest BCUT2D eigenvalue weighted by Gasteiger charge is 2.41. The summed E-state index contributed by atoms with van der Waals surface area (Å²) in [7, 11) is 5.31. The van der Waals surface area contributed by atoms with E-state index in [4.69, 9.17) is 9.47 Å². The third-order valence-corrected chi connectivity index (χ3v) is 11.6. The van der Waals surface area contributed by atoms with Gasteiger partial charge < -0.3 is 29.2 Å². The number of ether oxygens (including phenoxy) is 2. The number of nitrogens with zero attached hydrogens (tertiary/aromatic N) is 6. The molecule has 0 saturated carbocycles. The van der Waals surface area contributed by atoms with Gasteiger partial charge in [0.2, 0.25) is 11.8 Å². The number of hydrogen-bond acceptors (Lipinski definition) is 7. The molecule has 2 fully saturated rings. The van der Waals surface area contributed by atoms with E-state index in [0.717, 1.165) is 59.6 Å². The van der Waals surface area contributed by atoms with Crippen LogP contribution in [0.4, 0.5) is 4.79 Å². The normalized spacial score (nSPS) is 16.7. The van der Waals surface area contributed by atoms with Crippen molar-refractivity contribution < 1.29 is 23.9 Å². The van der Waals surface area contributed by atoms with Gasteiger partial charge in [-0.2, -0.15) is 0 Å². The van der Waals surface area contributed by atoms with Crippen molar-refractivity contribution in [3.63, 3.8) is 0 Å². The molecule has 0 aliphatic carbocycles. The van der Waals surface area contributed by atoms with Crippen LogP contribution >= 0.6 is 0 Å². The van der Waals surface area contributed by atoms with E-state index in [-0.39, 0.29) is 36.0 Å². The number of carbonyl (C=O) groups excluding carboxylic acids is 3. The van der Waals surface area contributed by atoms with Crippen LogP contribution in [0.2, 0.25) is 0 Å². The molecule has 4 aromatic carbocycles. The van der Waals surface area contributed by atoms with Crippen molar-refractivity contribution in [2.24, 2.45) is 0 Å². The number of rotatable bonds is 15.